The van der Waals surface area contributed by atoms with Crippen molar-refractivity contribution in [2.24, 2.45) is 17.6 Å². The van der Waals surface area contributed by atoms with E-state index in [4.69, 9.17) is 5.73 Å². The van der Waals surface area contributed by atoms with Gasteiger partial charge in [0.15, 0.2) is 0 Å². The number of nitrogens with two attached hydrogens (primary N) is 1. The monoisotopic (exact) mass is 287 g/mol. The summed E-state index contributed by atoms with van der Waals surface area (Å²) >= 11 is 0. The third-order valence-electron chi connectivity index (χ3n) is 5.83. The third kappa shape index (κ3) is 3.42. The number of phenolic OH excluding ortho intramolecular Hbond substituents is 1. The van der Waals surface area contributed by atoms with E-state index in [-0.39, 0.29) is 5.54 Å². The van der Waals surface area contributed by atoms with Crippen molar-refractivity contribution in [3.05, 3.63) is 29.8 Å². The van der Waals surface area contributed by atoms with Gasteiger partial charge >= 0.3 is 0 Å². The minimum Gasteiger partial charge on any atom is -0.508 e. The molecule has 1 aromatic carbocycles. The van der Waals surface area contributed by atoms with Gasteiger partial charge in [-0.05, 0) is 48.8 Å². The molecule has 0 spiro atoms. The van der Waals surface area contributed by atoms with Gasteiger partial charge in [-0.15, -0.1) is 0 Å². The van der Waals surface area contributed by atoms with Crippen LogP contribution in [0.4, 0.5) is 0 Å². The summed E-state index contributed by atoms with van der Waals surface area (Å²) in [5.41, 5.74) is 8.19. The van der Waals surface area contributed by atoms with Crippen molar-refractivity contribution in [1.29, 1.82) is 0 Å². The van der Waals surface area contributed by atoms with Gasteiger partial charge in [-0.1, -0.05) is 57.1 Å². The van der Waals surface area contributed by atoms with Gasteiger partial charge in [-0.2, -0.15) is 0 Å². The molecule has 2 aliphatic rings. The van der Waals surface area contributed by atoms with E-state index in [9.17, 15) is 5.11 Å². The van der Waals surface area contributed by atoms with Crippen LogP contribution in [0.25, 0.3) is 0 Å². The summed E-state index contributed by atoms with van der Waals surface area (Å²) < 4.78 is 0. The quantitative estimate of drug-likeness (QED) is 0.865. The SMILES string of the molecule is NC1(Cc2ccc(O)cc2)CCCCC1C1CCCCC1. The first kappa shape index (κ1) is 14.9. The first-order valence-electron chi connectivity index (χ1n) is 8.74. The first-order chi connectivity index (χ1) is 10.2. The van der Waals surface area contributed by atoms with Crippen molar-refractivity contribution in [3.8, 4) is 5.75 Å². The van der Waals surface area contributed by atoms with E-state index in [2.05, 4.69) is 0 Å². The molecule has 2 saturated carbocycles. The van der Waals surface area contributed by atoms with Crippen molar-refractivity contribution >= 4 is 0 Å². The Morgan fingerprint density at radius 1 is 0.952 bits per heavy atom. The molecule has 116 valence electrons. The molecule has 0 amide bonds. The highest BCUT2D eigenvalue weighted by molar-refractivity contribution is 5.27. The predicted octanol–water partition coefficient (Wildman–Crippen LogP) is 4.40. The lowest BCUT2D eigenvalue weighted by Crippen LogP contribution is -2.53. The Morgan fingerprint density at radius 3 is 2.33 bits per heavy atom. The molecule has 2 nitrogen and oxygen atoms in total. The predicted molar refractivity (Wildman–Crippen MR) is 87.3 cm³/mol. The maximum atomic E-state index is 9.45. The van der Waals surface area contributed by atoms with Crippen LogP contribution in [0.3, 0.4) is 0 Å². The van der Waals surface area contributed by atoms with Gasteiger partial charge in [-0.25, -0.2) is 0 Å². The van der Waals surface area contributed by atoms with Gasteiger partial charge in [0.05, 0.1) is 0 Å². The Bertz CT molecular complexity index is 449. The van der Waals surface area contributed by atoms with Crippen LogP contribution in [0.1, 0.15) is 63.4 Å². The lowest BCUT2D eigenvalue weighted by atomic mass is 9.62. The highest BCUT2D eigenvalue weighted by Gasteiger charge is 2.41. The molecule has 0 aromatic heterocycles. The smallest absolute Gasteiger partial charge is 0.115 e. The molecule has 0 aliphatic heterocycles. The van der Waals surface area contributed by atoms with Crippen LogP contribution in [0, 0.1) is 11.8 Å². The van der Waals surface area contributed by atoms with Crippen LogP contribution in [-0.4, -0.2) is 10.6 Å². The number of rotatable bonds is 3. The third-order valence-corrected chi connectivity index (χ3v) is 5.83. The zero-order valence-corrected chi connectivity index (χ0v) is 13.1. The van der Waals surface area contributed by atoms with E-state index in [0.29, 0.717) is 11.7 Å². The highest BCUT2D eigenvalue weighted by atomic mass is 16.3. The summed E-state index contributed by atoms with van der Waals surface area (Å²) in [4.78, 5) is 0. The van der Waals surface area contributed by atoms with Crippen LogP contribution in [0.5, 0.6) is 5.75 Å². The molecule has 0 heterocycles. The van der Waals surface area contributed by atoms with Crippen LogP contribution >= 0.6 is 0 Å². The average molecular weight is 287 g/mol. The standard InChI is InChI=1S/C19H29NO/c20-19(14-15-9-11-17(21)12-10-15)13-5-4-8-18(19)16-6-2-1-3-7-16/h9-12,16,18,21H,1-8,13-14,20H2. The zero-order valence-electron chi connectivity index (χ0n) is 13.1. The number of aromatic hydroxyl groups is 1. The van der Waals surface area contributed by atoms with E-state index in [1.165, 1.54) is 56.9 Å². The van der Waals surface area contributed by atoms with Crippen molar-refractivity contribution in [2.75, 3.05) is 0 Å². The minimum atomic E-state index is -0.0305. The van der Waals surface area contributed by atoms with E-state index >= 15 is 0 Å². The summed E-state index contributed by atoms with van der Waals surface area (Å²) in [5.74, 6) is 1.89. The second-order valence-electron chi connectivity index (χ2n) is 7.33. The van der Waals surface area contributed by atoms with Gasteiger partial charge in [0.1, 0.15) is 5.75 Å². The Labute approximate surface area is 128 Å². The molecule has 2 unspecified atom stereocenters. The van der Waals surface area contributed by atoms with Crippen molar-refractivity contribution < 1.29 is 5.11 Å². The fraction of sp³-hybridized carbons (Fsp3) is 0.684. The Hall–Kier alpha value is -1.02. The summed E-state index contributed by atoms with van der Waals surface area (Å²) in [7, 11) is 0. The normalized spacial score (nSPS) is 31.2. The average Bonchev–Trinajstić information content (AvgIpc) is 2.51. The zero-order chi connectivity index (χ0) is 14.7. The number of benzene rings is 1. The van der Waals surface area contributed by atoms with E-state index < -0.39 is 0 Å². The number of phenols is 1. The molecular weight excluding hydrogens is 258 g/mol. The Balaban J connectivity index is 1.75. The maximum absolute atomic E-state index is 9.45. The molecule has 0 saturated heterocycles. The molecule has 0 radical (unpaired) electrons. The fourth-order valence-corrected chi connectivity index (χ4v) is 4.75. The largest absolute Gasteiger partial charge is 0.508 e. The molecule has 2 aliphatic carbocycles. The van der Waals surface area contributed by atoms with Crippen molar-refractivity contribution in [3.63, 3.8) is 0 Å². The van der Waals surface area contributed by atoms with Crippen LogP contribution in [0.15, 0.2) is 24.3 Å². The fourth-order valence-electron chi connectivity index (χ4n) is 4.75. The van der Waals surface area contributed by atoms with Crippen LogP contribution in [-0.2, 0) is 6.42 Å². The maximum Gasteiger partial charge on any atom is 0.115 e. The van der Waals surface area contributed by atoms with Crippen LogP contribution < -0.4 is 5.73 Å². The van der Waals surface area contributed by atoms with Gasteiger partial charge in [-0.3, -0.25) is 0 Å². The second-order valence-corrected chi connectivity index (χ2v) is 7.33. The van der Waals surface area contributed by atoms with E-state index in [1.54, 1.807) is 12.1 Å². The Kier molecular flexibility index (Phi) is 4.54. The molecule has 2 fully saturated rings. The summed E-state index contributed by atoms with van der Waals surface area (Å²) in [5, 5.41) is 9.45. The number of hydrogen-bond acceptors (Lipinski definition) is 2. The lowest BCUT2D eigenvalue weighted by molar-refractivity contribution is 0.0995. The molecule has 0 bridgehead atoms. The van der Waals surface area contributed by atoms with E-state index in [0.717, 1.165) is 18.8 Å². The topological polar surface area (TPSA) is 46.2 Å². The lowest BCUT2D eigenvalue weighted by Gasteiger charge is -2.46. The molecule has 3 rings (SSSR count). The van der Waals surface area contributed by atoms with Gasteiger partial charge < -0.3 is 10.8 Å². The molecule has 2 atom stereocenters. The molecule has 1 aromatic rings. The van der Waals surface area contributed by atoms with Gasteiger partial charge in [0, 0.05) is 5.54 Å². The summed E-state index contributed by atoms with van der Waals surface area (Å²) in [6.45, 7) is 0. The molecule has 3 N–H and O–H groups in total. The summed E-state index contributed by atoms with van der Waals surface area (Å²) in [6, 6.07) is 7.65. The number of hydrogen-bond donors (Lipinski definition) is 2. The van der Waals surface area contributed by atoms with E-state index in [1.807, 2.05) is 12.1 Å². The molecular formula is C19H29NO. The minimum absolute atomic E-state index is 0.0305. The van der Waals surface area contributed by atoms with Crippen molar-refractivity contribution in [1.82, 2.24) is 0 Å². The van der Waals surface area contributed by atoms with Crippen molar-refractivity contribution in [2.45, 2.75) is 69.7 Å². The second kappa shape index (κ2) is 6.39. The molecule has 2 heteroatoms. The Morgan fingerprint density at radius 2 is 1.62 bits per heavy atom. The molecule has 21 heavy (non-hydrogen) atoms. The highest BCUT2D eigenvalue weighted by Crippen LogP contribution is 2.44. The first-order valence-corrected chi connectivity index (χ1v) is 8.74. The van der Waals surface area contributed by atoms with Gasteiger partial charge in [0.25, 0.3) is 0 Å². The van der Waals surface area contributed by atoms with Gasteiger partial charge in [0.2, 0.25) is 0 Å². The van der Waals surface area contributed by atoms with Crippen LogP contribution in [0.2, 0.25) is 0 Å². The summed E-state index contributed by atoms with van der Waals surface area (Å²) in [6.07, 6.45) is 13.1.